The molecule has 0 bridgehead atoms. The lowest BCUT2D eigenvalue weighted by atomic mass is 10.0. The van der Waals surface area contributed by atoms with Gasteiger partial charge in [0.1, 0.15) is 5.58 Å². The SMILES string of the molecule is N#Cc1cccc(-c2cc(=O)oc3cc(Sc4ncc(C(O)(C(F)(F)F)C(F)(F)F)s4)ccc23)c1. The summed E-state index contributed by atoms with van der Waals surface area (Å²) in [5.74, 6) is 0. The van der Waals surface area contributed by atoms with Gasteiger partial charge in [0.05, 0.1) is 16.5 Å². The molecule has 2 heterocycles. The molecule has 180 valence electrons. The van der Waals surface area contributed by atoms with Gasteiger partial charge in [0, 0.05) is 22.5 Å². The third-order valence-corrected chi connectivity index (χ3v) is 7.06. The van der Waals surface area contributed by atoms with E-state index in [0.29, 0.717) is 33.2 Å². The second kappa shape index (κ2) is 8.71. The van der Waals surface area contributed by atoms with Crippen molar-refractivity contribution in [1.82, 2.24) is 4.98 Å². The first-order valence-corrected chi connectivity index (χ1v) is 11.1. The van der Waals surface area contributed by atoms with Crippen molar-refractivity contribution < 1.29 is 35.9 Å². The van der Waals surface area contributed by atoms with Crippen LogP contribution in [0.4, 0.5) is 26.3 Å². The average Bonchev–Trinajstić information content (AvgIpc) is 3.24. The summed E-state index contributed by atoms with van der Waals surface area (Å²) in [5, 5.41) is 19.1. The zero-order valence-corrected chi connectivity index (χ0v) is 18.6. The molecule has 0 saturated carbocycles. The third kappa shape index (κ3) is 4.52. The number of nitriles is 1. The Morgan fingerprint density at radius 2 is 1.74 bits per heavy atom. The fraction of sp³-hybridized carbons (Fsp3) is 0.136. The van der Waals surface area contributed by atoms with Gasteiger partial charge in [-0.2, -0.15) is 31.6 Å². The second-order valence-electron chi connectivity index (χ2n) is 7.13. The molecule has 13 heteroatoms. The van der Waals surface area contributed by atoms with E-state index in [1.165, 1.54) is 18.2 Å². The Balaban J connectivity index is 1.71. The van der Waals surface area contributed by atoms with Gasteiger partial charge in [-0.15, -0.1) is 11.3 Å². The fourth-order valence-electron chi connectivity index (χ4n) is 3.22. The summed E-state index contributed by atoms with van der Waals surface area (Å²) < 4.78 is 83.6. The molecule has 0 radical (unpaired) electrons. The number of aromatic nitrogens is 1. The van der Waals surface area contributed by atoms with E-state index < -0.39 is 28.5 Å². The van der Waals surface area contributed by atoms with Crippen LogP contribution in [0.1, 0.15) is 10.4 Å². The summed E-state index contributed by atoms with van der Waals surface area (Å²) in [6, 6.07) is 14.2. The van der Waals surface area contributed by atoms with Crippen LogP contribution in [0.3, 0.4) is 0 Å². The van der Waals surface area contributed by atoms with Crippen molar-refractivity contribution in [2.24, 2.45) is 0 Å². The number of benzene rings is 2. The van der Waals surface area contributed by atoms with Crippen LogP contribution in [0.15, 0.2) is 73.2 Å². The van der Waals surface area contributed by atoms with Crippen molar-refractivity contribution in [2.75, 3.05) is 0 Å². The number of aliphatic hydroxyl groups is 1. The van der Waals surface area contributed by atoms with Gasteiger partial charge < -0.3 is 9.52 Å². The molecule has 1 N–H and O–H groups in total. The summed E-state index contributed by atoms with van der Waals surface area (Å²) in [6.07, 6.45) is -11.7. The number of hydrogen-bond acceptors (Lipinski definition) is 7. The largest absolute Gasteiger partial charge is 0.431 e. The van der Waals surface area contributed by atoms with E-state index in [1.54, 1.807) is 30.3 Å². The quantitative estimate of drug-likeness (QED) is 0.249. The van der Waals surface area contributed by atoms with Gasteiger partial charge in [-0.05, 0) is 41.5 Å². The highest BCUT2D eigenvalue weighted by Gasteiger charge is 2.72. The first-order chi connectivity index (χ1) is 16.3. The van der Waals surface area contributed by atoms with Gasteiger partial charge >= 0.3 is 18.0 Å². The number of nitrogens with zero attached hydrogens (tertiary/aromatic N) is 2. The zero-order chi connectivity index (χ0) is 25.6. The Morgan fingerprint density at radius 1 is 1.03 bits per heavy atom. The van der Waals surface area contributed by atoms with E-state index in [2.05, 4.69) is 4.98 Å². The molecular weight excluding hydrogens is 518 g/mol. The maximum atomic E-state index is 13.1. The standard InChI is InChI=1S/C22H10F6N2O3S2/c23-21(24,25)20(32,22(26,27)28)17-10-30-19(35-17)34-13-4-5-14-15(8-18(31)33-16(14)7-13)12-3-1-2-11(6-12)9-29/h1-8,10,32H. The Kier molecular flexibility index (Phi) is 6.16. The maximum Gasteiger partial charge on any atom is 0.431 e. The Bertz CT molecular complexity index is 1500. The zero-order valence-electron chi connectivity index (χ0n) is 16.9. The molecule has 4 aromatic rings. The van der Waals surface area contributed by atoms with Crippen molar-refractivity contribution in [3.05, 3.63) is 75.6 Å². The molecule has 5 nitrogen and oxygen atoms in total. The maximum absolute atomic E-state index is 13.1. The van der Waals surface area contributed by atoms with Crippen molar-refractivity contribution in [3.8, 4) is 17.2 Å². The van der Waals surface area contributed by atoms with Crippen molar-refractivity contribution in [1.29, 1.82) is 5.26 Å². The number of alkyl halides is 6. The van der Waals surface area contributed by atoms with Gasteiger partial charge in [-0.1, -0.05) is 23.9 Å². The Labute approximate surface area is 200 Å². The first-order valence-electron chi connectivity index (χ1n) is 9.42. The first kappa shape index (κ1) is 24.8. The van der Waals surface area contributed by atoms with Gasteiger partial charge in [0.25, 0.3) is 5.60 Å². The molecule has 2 aromatic carbocycles. The molecule has 35 heavy (non-hydrogen) atoms. The molecular formula is C22H10F6N2O3S2. The number of hydrogen-bond donors (Lipinski definition) is 1. The lowest BCUT2D eigenvalue weighted by Gasteiger charge is -2.30. The van der Waals surface area contributed by atoms with Crippen LogP contribution in [-0.2, 0) is 5.60 Å². The molecule has 0 aliphatic carbocycles. The fourth-order valence-corrected chi connectivity index (χ4v) is 5.33. The molecule has 0 fully saturated rings. The van der Waals surface area contributed by atoms with Crippen molar-refractivity contribution in [3.63, 3.8) is 0 Å². The normalized spacial score (nSPS) is 12.6. The van der Waals surface area contributed by atoms with Crippen molar-refractivity contribution >= 4 is 34.1 Å². The monoisotopic (exact) mass is 528 g/mol. The number of rotatable bonds is 4. The highest BCUT2D eigenvalue weighted by atomic mass is 32.2. The minimum atomic E-state index is -6.01. The van der Waals surface area contributed by atoms with E-state index in [9.17, 15) is 36.2 Å². The molecule has 0 saturated heterocycles. The predicted molar refractivity (Wildman–Crippen MR) is 115 cm³/mol. The second-order valence-corrected chi connectivity index (χ2v) is 9.48. The van der Waals surface area contributed by atoms with Gasteiger partial charge in [-0.25, -0.2) is 9.78 Å². The minimum absolute atomic E-state index is 0.0400. The van der Waals surface area contributed by atoms with Crippen LogP contribution in [-0.4, -0.2) is 22.4 Å². The average molecular weight is 528 g/mol. The summed E-state index contributed by atoms with van der Waals surface area (Å²) in [5.41, 5.74) is -4.23. The number of halogens is 6. The molecule has 2 aromatic heterocycles. The van der Waals surface area contributed by atoms with Crippen LogP contribution in [0, 0.1) is 11.3 Å². The molecule has 4 rings (SSSR count). The van der Waals surface area contributed by atoms with E-state index in [1.807, 2.05) is 6.07 Å². The van der Waals surface area contributed by atoms with E-state index in [-0.39, 0.29) is 21.3 Å². The van der Waals surface area contributed by atoms with E-state index in [4.69, 9.17) is 9.68 Å². The van der Waals surface area contributed by atoms with Crippen molar-refractivity contribution in [2.45, 2.75) is 27.2 Å². The molecule has 0 aliphatic rings. The minimum Gasteiger partial charge on any atom is -0.423 e. The molecule has 0 spiro atoms. The highest BCUT2D eigenvalue weighted by molar-refractivity contribution is 8.01. The van der Waals surface area contributed by atoms with Crippen LogP contribution >= 0.6 is 23.1 Å². The van der Waals surface area contributed by atoms with Crippen LogP contribution < -0.4 is 5.63 Å². The summed E-state index contributed by atoms with van der Waals surface area (Å²) in [4.78, 5) is 14.6. The molecule has 0 aliphatic heterocycles. The van der Waals surface area contributed by atoms with Crippen LogP contribution in [0.25, 0.3) is 22.1 Å². The summed E-state index contributed by atoms with van der Waals surface area (Å²) in [7, 11) is 0. The van der Waals surface area contributed by atoms with E-state index in [0.717, 1.165) is 11.8 Å². The Hall–Kier alpha value is -3.34. The summed E-state index contributed by atoms with van der Waals surface area (Å²) in [6.45, 7) is 0. The number of fused-ring (bicyclic) bond motifs is 1. The van der Waals surface area contributed by atoms with Gasteiger partial charge in [0.15, 0.2) is 4.34 Å². The van der Waals surface area contributed by atoms with Gasteiger partial charge in [0.2, 0.25) is 0 Å². The molecule has 0 unspecified atom stereocenters. The van der Waals surface area contributed by atoms with E-state index >= 15 is 0 Å². The van der Waals surface area contributed by atoms with Crippen LogP contribution in [0.5, 0.6) is 0 Å². The highest BCUT2D eigenvalue weighted by Crippen LogP contribution is 2.52. The lowest BCUT2D eigenvalue weighted by Crippen LogP contribution is -2.53. The topological polar surface area (TPSA) is 87.1 Å². The predicted octanol–water partition coefficient (Wildman–Crippen LogP) is 6.25. The molecule has 0 atom stereocenters. The third-order valence-electron chi connectivity index (χ3n) is 4.89. The Morgan fingerprint density at radius 3 is 2.40 bits per heavy atom. The molecule has 0 amide bonds. The number of thiazole rings is 1. The summed E-state index contributed by atoms with van der Waals surface area (Å²) >= 11 is 0.771. The smallest absolute Gasteiger partial charge is 0.423 e. The lowest BCUT2D eigenvalue weighted by molar-refractivity contribution is -0.375. The van der Waals surface area contributed by atoms with Gasteiger partial charge in [-0.3, -0.25) is 0 Å². The van der Waals surface area contributed by atoms with Crippen LogP contribution in [0.2, 0.25) is 0 Å².